The molecule has 1 aromatic heterocycles. The molecule has 0 unspecified atom stereocenters. The highest BCUT2D eigenvalue weighted by Crippen LogP contribution is 2.19. The lowest BCUT2D eigenvalue weighted by molar-refractivity contribution is 0.672. The van der Waals surface area contributed by atoms with Gasteiger partial charge in [-0.1, -0.05) is 42.6 Å². The average Bonchev–Trinajstić information content (AvgIpc) is 2.98. The highest BCUT2D eigenvalue weighted by atomic mass is 79.9. The van der Waals surface area contributed by atoms with Crippen molar-refractivity contribution in [1.82, 2.24) is 4.37 Å². The van der Waals surface area contributed by atoms with Gasteiger partial charge in [-0.3, -0.25) is 0 Å². The summed E-state index contributed by atoms with van der Waals surface area (Å²) in [6.45, 7) is 6.59. The van der Waals surface area contributed by atoms with E-state index in [2.05, 4.69) is 39.1 Å². The SMILES string of the molecule is CCCCN(CCCC)c1nssc1=Nc1ccc(Br)cc1. The molecule has 3 nitrogen and oxygen atoms in total. The fraction of sp³-hybridized carbons (Fsp3) is 0.500. The fourth-order valence-corrected chi connectivity index (χ4v) is 4.05. The quantitative estimate of drug-likeness (QED) is 0.539. The first kappa shape index (κ1) is 17.6. The van der Waals surface area contributed by atoms with Crippen molar-refractivity contribution in [3.8, 4) is 0 Å². The molecular formula is C16H22BrN3S2. The van der Waals surface area contributed by atoms with Gasteiger partial charge in [-0.25, -0.2) is 4.99 Å². The zero-order valence-electron chi connectivity index (χ0n) is 13.1. The van der Waals surface area contributed by atoms with Gasteiger partial charge in [0.05, 0.1) is 5.69 Å². The van der Waals surface area contributed by atoms with Crippen LogP contribution < -0.4 is 9.57 Å². The van der Waals surface area contributed by atoms with Crippen molar-refractivity contribution in [2.24, 2.45) is 4.99 Å². The lowest BCUT2D eigenvalue weighted by Crippen LogP contribution is -2.29. The average molecular weight is 400 g/mol. The summed E-state index contributed by atoms with van der Waals surface area (Å²) in [5.74, 6) is 1.06. The minimum Gasteiger partial charge on any atom is -0.353 e. The molecule has 6 heteroatoms. The molecule has 0 atom stereocenters. The molecule has 0 aliphatic carbocycles. The van der Waals surface area contributed by atoms with Crippen molar-refractivity contribution in [2.75, 3.05) is 18.0 Å². The molecule has 0 spiro atoms. The Labute approximate surface area is 148 Å². The molecule has 0 aliphatic heterocycles. The Kier molecular flexibility index (Phi) is 7.55. The highest BCUT2D eigenvalue weighted by Gasteiger charge is 2.11. The van der Waals surface area contributed by atoms with Gasteiger partial charge in [-0.15, -0.1) is 0 Å². The second-order valence-corrected chi connectivity index (χ2v) is 7.91. The van der Waals surface area contributed by atoms with E-state index in [1.54, 1.807) is 10.3 Å². The Morgan fingerprint density at radius 1 is 1.09 bits per heavy atom. The Hall–Kier alpha value is -0.720. The van der Waals surface area contributed by atoms with Crippen molar-refractivity contribution in [2.45, 2.75) is 39.5 Å². The molecule has 0 amide bonds. The summed E-state index contributed by atoms with van der Waals surface area (Å²) in [5.41, 5.74) is 0.979. The first-order chi connectivity index (χ1) is 10.7. The number of benzene rings is 1. The third-order valence-corrected chi connectivity index (χ3v) is 5.55. The lowest BCUT2D eigenvalue weighted by Gasteiger charge is -2.21. The zero-order valence-corrected chi connectivity index (χ0v) is 16.3. The van der Waals surface area contributed by atoms with Crippen molar-refractivity contribution in [3.63, 3.8) is 0 Å². The van der Waals surface area contributed by atoms with Crippen LogP contribution in [0.15, 0.2) is 33.7 Å². The van der Waals surface area contributed by atoms with Gasteiger partial charge in [-0.05, 0) is 47.4 Å². The predicted octanol–water partition coefficient (Wildman–Crippen LogP) is 5.61. The van der Waals surface area contributed by atoms with E-state index in [1.165, 1.54) is 36.2 Å². The second kappa shape index (κ2) is 9.43. The van der Waals surface area contributed by atoms with Gasteiger partial charge in [0.2, 0.25) is 0 Å². The Morgan fingerprint density at radius 2 is 1.73 bits per heavy atom. The normalized spacial score (nSPS) is 11.9. The van der Waals surface area contributed by atoms with Gasteiger partial charge < -0.3 is 4.90 Å². The molecular weight excluding hydrogens is 378 g/mol. The number of nitrogens with zero attached hydrogens (tertiary/aromatic N) is 3. The maximum Gasteiger partial charge on any atom is 0.179 e. The Balaban J connectivity index is 2.26. The number of rotatable bonds is 8. The first-order valence-corrected chi connectivity index (χ1v) is 10.7. The van der Waals surface area contributed by atoms with Crippen LogP contribution in [0.25, 0.3) is 0 Å². The highest BCUT2D eigenvalue weighted by molar-refractivity contribution is 9.10. The molecule has 1 heterocycles. The number of hydrogen-bond acceptors (Lipinski definition) is 5. The smallest absolute Gasteiger partial charge is 0.179 e. The summed E-state index contributed by atoms with van der Waals surface area (Å²) >= 11 is 3.46. The van der Waals surface area contributed by atoms with E-state index in [1.807, 2.05) is 24.3 Å². The van der Waals surface area contributed by atoms with Gasteiger partial charge >= 0.3 is 0 Å². The first-order valence-electron chi connectivity index (χ1n) is 7.75. The van der Waals surface area contributed by atoms with Crippen LogP contribution in [-0.2, 0) is 0 Å². The topological polar surface area (TPSA) is 28.5 Å². The van der Waals surface area contributed by atoms with Gasteiger partial charge in [0.1, 0.15) is 0 Å². The minimum atomic E-state index is 0.979. The molecule has 0 radical (unpaired) electrons. The maximum absolute atomic E-state index is 4.78. The number of anilines is 1. The third-order valence-electron chi connectivity index (χ3n) is 3.35. The van der Waals surface area contributed by atoms with Crippen LogP contribution >= 0.6 is 36.8 Å². The van der Waals surface area contributed by atoms with Crippen LogP contribution in [0.5, 0.6) is 0 Å². The number of aromatic nitrogens is 1. The van der Waals surface area contributed by atoms with Gasteiger partial charge in [0.25, 0.3) is 0 Å². The molecule has 120 valence electrons. The van der Waals surface area contributed by atoms with E-state index in [0.29, 0.717) is 0 Å². The maximum atomic E-state index is 4.78. The summed E-state index contributed by atoms with van der Waals surface area (Å²) in [6, 6.07) is 8.10. The van der Waals surface area contributed by atoms with Crippen molar-refractivity contribution < 1.29 is 0 Å². The van der Waals surface area contributed by atoms with E-state index in [9.17, 15) is 0 Å². The molecule has 22 heavy (non-hydrogen) atoms. The van der Waals surface area contributed by atoms with Crippen LogP contribution in [0.2, 0.25) is 0 Å². The monoisotopic (exact) mass is 399 g/mol. The van der Waals surface area contributed by atoms with Crippen LogP contribution in [0, 0.1) is 0 Å². The zero-order chi connectivity index (χ0) is 15.8. The van der Waals surface area contributed by atoms with Gasteiger partial charge in [0.15, 0.2) is 10.5 Å². The number of hydrogen-bond donors (Lipinski definition) is 0. The third kappa shape index (κ3) is 5.18. The van der Waals surface area contributed by atoms with Crippen LogP contribution in [0.1, 0.15) is 39.5 Å². The molecule has 0 saturated heterocycles. The molecule has 0 aliphatic rings. The lowest BCUT2D eigenvalue weighted by atomic mass is 10.2. The summed E-state index contributed by atoms with van der Waals surface area (Å²) in [7, 11) is 3.19. The van der Waals surface area contributed by atoms with Crippen LogP contribution in [-0.4, -0.2) is 17.5 Å². The van der Waals surface area contributed by atoms with Gasteiger partial charge in [-0.2, -0.15) is 4.37 Å². The van der Waals surface area contributed by atoms with Crippen LogP contribution in [0.3, 0.4) is 0 Å². The van der Waals surface area contributed by atoms with E-state index < -0.39 is 0 Å². The van der Waals surface area contributed by atoms with Crippen LogP contribution in [0.4, 0.5) is 11.5 Å². The molecule has 2 rings (SSSR count). The van der Waals surface area contributed by atoms with E-state index in [0.717, 1.165) is 33.7 Å². The summed E-state index contributed by atoms with van der Waals surface area (Å²) in [6.07, 6.45) is 4.80. The van der Waals surface area contributed by atoms with E-state index >= 15 is 0 Å². The molecule has 0 saturated carbocycles. The molecule has 0 bridgehead atoms. The van der Waals surface area contributed by atoms with Crippen molar-refractivity contribution >= 4 is 48.3 Å². The minimum absolute atomic E-state index is 0.979. The predicted molar refractivity (Wildman–Crippen MR) is 101 cm³/mol. The number of halogens is 1. The fourth-order valence-electron chi connectivity index (χ4n) is 2.08. The second-order valence-electron chi connectivity index (χ2n) is 5.16. The number of unbranched alkanes of at least 4 members (excludes halogenated alkanes) is 2. The van der Waals surface area contributed by atoms with Gasteiger partial charge in [0, 0.05) is 28.1 Å². The van der Waals surface area contributed by atoms with E-state index in [4.69, 9.17) is 4.99 Å². The molecule has 1 aromatic carbocycles. The molecule has 2 aromatic rings. The van der Waals surface area contributed by atoms with E-state index in [-0.39, 0.29) is 0 Å². The molecule has 0 N–H and O–H groups in total. The van der Waals surface area contributed by atoms with Crippen molar-refractivity contribution in [3.05, 3.63) is 33.4 Å². The standard InChI is InChI=1S/C16H22BrN3S2/c1-3-5-11-20(12-6-4-2)15-16(21-22-19-15)18-14-9-7-13(17)8-10-14/h7-10H,3-6,11-12H2,1-2H3. The summed E-state index contributed by atoms with van der Waals surface area (Å²) in [5, 5.41) is 0. The van der Waals surface area contributed by atoms with Crippen molar-refractivity contribution in [1.29, 1.82) is 0 Å². The molecule has 0 fully saturated rings. The Bertz CT molecular complexity index is 611. The Morgan fingerprint density at radius 3 is 2.32 bits per heavy atom. The summed E-state index contributed by atoms with van der Waals surface area (Å²) < 4.78 is 6.72. The largest absolute Gasteiger partial charge is 0.353 e. The summed E-state index contributed by atoms with van der Waals surface area (Å²) in [4.78, 5) is 7.18.